The van der Waals surface area contributed by atoms with E-state index in [9.17, 15) is 0 Å². The van der Waals surface area contributed by atoms with Crippen molar-refractivity contribution in [3.05, 3.63) is 66.0 Å². The van der Waals surface area contributed by atoms with Crippen molar-refractivity contribution in [2.45, 2.75) is 26.3 Å². The third-order valence-electron chi connectivity index (χ3n) is 3.68. The number of nitrogens with zero attached hydrogens (tertiary/aromatic N) is 2. The number of fused-ring (bicyclic) bond motifs is 1. The highest BCUT2D eigenvalue weighted by molar-refractivity contribution is 5.50. The SMILES string of the molecule is CCc1ccc(C(C)Nc2cccc3nccn23)cc1. The number of imidazole rings is 1. The Morgan fingerprint density at radius 2 is 1.95 bits per heavy atom. The number of nitrogens with one attached hydrogen (secondary N) is 1. The van der Waals surface area contributed by atoms with Gasteiger partial charge in [0.2, 0.25) is 0 Å². The Labute approximate surface area is 119 Å². The molecule has 1 N–H and O–H groups in total. The fourth-order valence-corrected chi connectivity index (χ4v) is 2.41. The van der Waals surface area contributed by atoms with Crippen LogP contribution in [0.1, 0.15) is 31.0 Å². The van der Waals surface area contributed by atoms with E-state index in [0.717, 1.165) is 17.9 Å². The van der Waals surface area contributed by atoms with Gasteiger partial charge in [0.15, 0.2) is 0 Å². The van der Waals surface area contributed by atoms with E-state index < -0.39 is 0 Å². The summed E-state index contributed by atoms with van der Waals surface area (Å²) < 4.78 is 2.07. The Bertz CT molecular complexity index is 698. The first-order chi connectivity index (χ1) is 9.78. The molecular formula is C17H19N3. The molecule has 3 heteroatoms. The lowest BCUT2D eigenvalue weighted by Gasteiger charge is -2.17. The van der Waals surface area contributed by atoms with Crippen LogP contribution >= 0.6 is 0 Å². The van der Waals surface area contributed by atoms with Gasteiger partial charge < -0.3 is 5.32 Å². The molecule has 1 atom stereocenters. The molecule has 2 aromatic heterocycles. The Morgan fingerprint density at radius 3 is 2.70 bits per heavy atom. The first-order valence-electron chi connectivity index (χ1n) is 7.05. The summed E-state index contributed by atoms with van der Waals surface area (Å²) in [6.45, 7) is 4.35. The topological polar surface area (TPSA) is 29.3 Å². The molecule has 0 fully saturated rings. The highest BCUT2D eigenvalue weighted by Crippen LogP contribution is 2.20. The molecule has 0 amide bonds. The molecule has 3 aromatic rings. The van der Waals surface area contributed by atoms with Crippen LogP contribution in [0.5, 0.6) is 0 Å². The lowest BCUT2D eigenvalue weighted by Crippen LogP contribution is -2.09. The van der Waals surface area contributed by atoms with Crippen molar-refractivity contribution in [3.8, 4) is 0 Å². The summed E-state index contributed by atoms with van der Waals surface area (Å²) in [6.07, 6.45) is 4.88. The van der Waals surface area contributed by atoms with Gasteiger partial charge >= 0.3 is 0 Å². The molecule has 0 spiro atoms. The minimum absolute atomic E-state index is 0.258. The average Bonchev–Trinajstić information content (AvgIpc) is 2.97. The van der Waals surface area contributed by atoms with Crippen LogP contribution in [0.2, 0.25) is 0 Å². The molecule has 0 aliphatic rings. The Balaban J connectivity index is 1.84. The zero-order valence-corrected chi connectivity index (χ0v) is 11.9. The van der Waals surface area contributed by atoms with Gasteiger partial charge in [0, 0.05) is 18.4 Å². The van der Waals surface area contributed by atoms with Crippen LogP contribution in [0.15, 0.2) is 54.9 Å². The summed E-state index contributed by atoms with van der Waals surface area (Å²) in [5, 5.41) is 3.55. The molecule has 1 aromatic carbocycles. The Kier molecular flexibility index (Phi) is 3.42. The Morgan fingerprint density at radius 1 is 1.15 bits per heavy atom. The molecule has 20 heavy (non-hydrogen) atoms. The minimum Gasteiger partial charge on any atom is -0.365 e. The lowest BCUT2D eigenvalue weighted by atomic mass is 10.1. The van der Waals surface area contributed by atoms with Crippen molar-refractivity contribution in [1.29, 1.82) is 0 Å². The quantitative estimate of drug-likeness (QED) is 0.770. The molecule has 0 saturated heterocycles. The van der Waals surface area contributed by atoms with Gasteiger partial charge in [0.05, 0.1) is 0 Å². The molecule has 0 radical (unpaired) electrons. The van der Waals surface area contributed by atoms with Crippen molar-refractivity contribution in [3.63, 3.8) is 0 Å². The molecule has 102 valence electrons. The van der Waals surface area contributed by atoms with Crippen LogP contribution < -0.4 is 5.32 Å². The normalized spacial score (nSPS) is 12.5. The molecule has 0 bridgehead atoms. The van der Waals surface area contributed by atoms with E-state index in [-0.39, 0.29) is 6.04 Å². The number of hydrogen-bond donors (Lipinski definition) is 1. The fraction of sp³-hybridized carbons (Fsp3) is 0.235. The van der Waals surface area contributed by atoms with E-state index in [1.54, 1.807) is 0 Å². The first-order valence-corrected chi connectivity index (χ1v) is 7.05. The predicted octanol–water partition coefficient (Wildman–Crippen LogP) is 4.07. The van der Waals surface area contributed by atoms with E-state index in [2.05, 4.69) is 58.9 Å². The number of pyridine rings is 1. The summed E-state index contributed by atoms with van der Waals surface area (Å²) >= 11 is 0. The third-order valence-corrected chi connectivity index (χ3v) is 3.68. The highest BCUT2D eigenvalue weighted by atomic mass is 15.1. The fourth-order valence-electron chi connectivity index (χ4n) is 2.41. The summed E-state index contributed by atoms with van der Waals surface area (Å²) in [5.74, 6) is 1.06. The summed E-state index contributed by atoms with van der Waals surface area (Å²) in [4.78, 5) is 4.31. The predicted molar refractivity (Wildman–Crippen MR) is 83.0 cm³/mol. The monoisotopic (exact) mass is 265 g/mol. The Hall–Kier alpha value is -2.29. The first kappa shape index (κ1) is 12.7. The minimum atomic E-state index is 0.258. The smallest absolute Gasteiger partial charge is 0.138 e. The number of hydrogen-bond acceptors (Lipinski definition) is 2. The molecule has 0 aliphatic heterocycles. The molecule has 0 saturated carbocycles. The van der Waals surface area contributed by atoms with Gasteiger partial charge in [-0.15, -0.1) is 0 Å². The van der Waals surface area contributed by atoms with Crippen LogP contribution in [0.4, 0.5) is 5.82 Å². The van der Waals surface area contributed by atoms with Gasteiger partial charge in [-0.2, -0.15) is 0 Å². The van der Waals surface area contributed by atoms with Gasteiger partial charge in [-0.05, 0) is 36.6 Å². The molecule has 0 aliphatic carbocycles. The van der Waals surface area contributed by atoms with Gasteiger partial charge in [0.25, 0.3) is 0 Å². The number of aromatic nitrogens is 2. The van der Waals surface area contributed by atoms with Crippen LogP contribution in [-0.4, -0.2) is 9.38 Å². The summed E-state index contributed by atoms with van der Waals surface area (Å²) in [5.41, 5.74) is 3.63. The second kappa shape index (κ2) is 5.37. The van der Waals surface area contributed by atoms with Crippen LogP contribution in [0.3, 0.4) is 0 Å². The van der Waals surface area contributed by atoms with E-state index in [1.807, 2.05) is 24.5 Å². The second-order valence-electron chi connectivity index (χ2n) is 5.03. The third kappa shape index (κ3) is 2.39. The van der Waals surface area contributed by atoms with Crippen molar-refractivity contribution >= 4 is 11.5 Å². The van der Waals surface area contributed by atoms with Crippen molar-refractivity contribution in [1.82, 2.24) is 9.38 Å². The number of anilines is 1. The van der Waals surface area contributed by atoms with Crippen LogP contribution in [0, 0.1) is 0 Å². The van der Waals surface area contributed by atoms with Crippen molar-refractivity contribution in [2.75, 3.05) is 5.32 Å². The maximum Gasteiger partial charge on any atom is 0.138 e. The van der Waals surface area contributed by atoms with Gasteiger partial charge in [0.1, 0.15) is 11.5 Å². The molecule has 3 nitrogen and oxygen atoms in total. The zero-order valence-electron chi connectivity index (χ0n) is 11.9. The van der Waals surface area contributed by atoms with Gasteiger partial charge in [-0.25, -0.2) is 4.98 Å². The highest BCUT2D eigenvalue weighted by Gasteiger charge is 2.07. The number of benzene rings is 1. The van der Waals surface area contributed by atoms with E-state index in [4.69, 9.17) is 0 Å². The zero-order chi connectivity index (χ0) is 13.9. The molecule has 2 heterocycles. The summed E-state index contributed by atoms with van der Waals surface area (Å²) in [6, 6.07) is 15.2. The average molecular weight is 265 g/mol. The van der Waals surface area contributed by atoms with Gasteiger partial charge in [-0.3, -0.25) is 4.40 Å². The molecular weight excluding hydrogens is 246 g/mol. The van der Waals surface area contributed by atoms with Crippen molar-refractivity contribution in [2.24, 2.45) is 0 Å². The maximum absolute atomic E-state index is 4.31. The molecule has 1 unspecified atom stereocenters. The van der Waals surface area contributed by atoms with Crippen LogP contribution in [-0.2, 0) is 6.42 Å². The molecule has 3 rings (SSSR count). The van der Waals surface area contributed by atoms with E-state index in [0.29, 0.717) is 0 Å². The summed E-state index contributed by atoms with van der Waals surface area (Å²) in [7, 11) is 0. The van der Waals surface area contributed by atoms with Crippen LogP contribution in [0.25, 0.3) is 5.65 Å². The van der Waals surface area contributed by atoms with Crippen molar-refractivity contribution < 1.29 is 0 Å². The number of rotatable bonds is 4. The van der Waals surface area contributed by atoms with E-state index in [1.165, 1.54) is 11.1 Å². The standard InChI is InChI=1S/C17H19N3/c1-3-14-7-9-15(10-8-14)13(2)19-17-6-4-5-16-18-11-12-20(16)17/h4-13,19H,3H2,1-2H3. The lowest BCUT2D eigenvalue weighted by molar-refractivity contribution is 0.867. The maximum atomic E-state index is 4.31. The van der Waals surface area contributed by atoms with E-state index >= 15 is 0 Å². The number of aryl methyl sites for hydroxylation is 1. The second-order valence-corrected chi connectivity index (χ2v) is 5.03. The largest absolute Gasteiger partial charge is 0.365 e. The van der Waals surface area contributed by atoms with Gasteiger partial charge in [-0.1, -0.05) is 37.3 Å².